The molecule has 5 heteroatoms. The molecule has 1 heterocycles. The first-order valence-corrected chi connectivity index (χ1v) is 11.2. The molecule has 0 saturated carbocycles. The summed E-state index contributed by atoms with van der Waals surface area (Å²) in [5.74, 6) is -0.113. The number of nitrogens with zero attached hydrogens (tertiary/aromatic N) is 1. The van der Waals surface area contributed by atoms with Crippen LogP contribution in [0.3, 0.4) is 0 Å². The molecule has 0 aliphatic carbocycles. The molecule has 1 fully saturated rings. The van der Waals surface area contributed by atoms with E-state index >= 15 is 0 Å². The van der Waals surface area contributed by atoms with Crippen LogP contribution in [0.2, 0.25) is 0 Å². The largest absolute Gasteiger partial charge is 0.350 e. The average molecular weight is 428 g/mol. The van der Waals surface area contributed by atoms with Gasteiger partial charge in [-0.1, -0.05) is 91.0 Å². The minimum absolute atomic E-state index is 0.113. The predicted molar refractivity (Wildman–Crippen MR) is 126 cm³/mol. The number of urea groups is 1. The highest BCUT2D eigenvalue weighted by atomic mass is 16.2. The molecule has 0 bridgehead atoms. The van der Waals surface area contributed by atoms with E-state index in [0.29, 0.717) is 25.9 Å². The van der Waals surface area contributed by atoms with Crippen LogP contribution in [0.5, 0.6) is 0 Å². The van der Waals surface area contributed by atoms with Crippen molar-refractivity contribution in [3.8, 4) is 0 Å². The number of amides is 3. The second kappa shape index (κ2) is 10.6. The quantitative estimate of drug-likeness (QED) is 0.543. The zero-order valence-electron chi connectivity index (χ0n) is 18.1. The topological polar surface area (TPSA) is 61.4 Å². The summed E-state index contributed by atoms with van der Waals surface area (Å²) in [5.41, 5.74) is 3.39. The first kappa shape index (κ1) is 21.6. The summed E-state index contributed by atoms with van der Waals surface area (Å²) >= 11 is 0. The van der Waals surface area contributed by atoms with Crippen LogP contribution in [0.25, 0.3) is 0 Å². The van der Waals surface area contributed by atoms with Crippen molar-refractivity contribution in [2.45, 2.75) is 37.9 Å². The Balaban J connectivity index is 1.46. The highest BCUT2D eigenvalue weighted by Crippen LogP contribution is 2.20. The van der Waals surface area contributed by atoms with Crippen LogP contribution in [0, 0.1) is 0 Å². The summed E-state index contributed by atoms with van der Waals surface area (Å²) in [4.78, 5) is 27.8. The lowest BCUT2D eigenvalue weighted by atomic mass is 9.99. The molecule has 1 aliphatic heterocycles. The van der Waals surface area contributed by atoms with Crippen LogP contribution in [0.15, 0.2) is 91.0 Å². The predicted octanol–water partition coefficient (Wildman–Crippen LogP) is 3.94. The van der Waals surface area contributed by atoms with E-state index < -0.39 is 6.04 Å². The highest BCUT2D eigenvalue weighted by Gasteiger charge is 2.43. The van der Waals surface area contributed by atoms with Crippen molar-refractivity contribution >= 4 is 11.9 Å². The van der Waals surface area contributed by atoms with Crippen molar-refractivity contribution in [2.24, 2.45) is 0 Å². The maximum absolute atomic E-state index is 13.3. The molecule has 2 N–H and O–H groups in total. The molecule has 32 heavy (non-hydrogen) atoms. The molecule has 3 amide bonds. The second-order valence-corrected chi connectivity index (χ2v) is 8.16. The Bertz CT molecular complexity index is 1010. The van der Waals surface area contributed by atoms with Gasteiger partial charge in [-0.05, 0) is 36.0 Å². The number of benzene rings is 3. The first-order chi connectivity index (χ1) is 15.7. The summed E-state index contributed by atoms with van der Waals surface area (Å²) in [5, 5.41) is 6.11. The molecule has 164 valence electrons. The van der Waals surface area contributed by atoms with Crippen LogP contribution in [0.1, 0.15) is 23.1 Å². The van der Waals surface area contributed by atoms with Gasteiger partial charge in [0.1, 0.15) is 6.04 Å². The smallest absolute Gasteiger partial charge is 0.318 e. The van der Waals surface area contributed by atoms with Crippen molar-refractivity contribution in [2.75, 3.05) is 6.54 Å². The van der Waals surface area contributed by atoms with Crippen molar-refractivity contribution < 1.29 is 9.59 Å². The van der Waals surface area contributed by atoms with Gasteiger partial charge in [-0.2, -0.15) is 0 Å². The van der Waals surface area contributed by atoms with Crippen LogP contribution < -0.4 is 10.6 Å². The lowest BCUT2D eigenvalue weighted by Crippen LogP contribution is -2.49. The van der Waals surface area contributed by atoms with Gasteiger partial charge in [0.25, 0.3) is 0 Å². The van der Waals surface area contributed by atoms with Gasteiger partial charge < -0.3 is 15.5 Å². The van der Waals surface area contributed by atoms with Crippen molar-refractivity contribution in [1.29, 1.82) is 0 Å². The molecule has 5 nitrogen and oxygen atoms in total. The molecular formula is C27H29N3O2. The maximum atomic E-state index is 13.3. The van der Waals surface area contributed by atoms with E-state index in [-0.39, 0.29) is 18.0 Å². The van der Waals surface area contributed by atoms with Gasteiger partial charge >= 0.3 is 6.03 Å². The van der Waals surface area contributed by atoms with E-state index in [1.807, 2.05) is 78.9 Å². The molecule has 2 atom stereocenters. The standard InChI is InChI=1S/C27H29N3O2/c31-26(28-20-23-14-8-3-9-15-23)25-24(17-16-21-10-4-1-5-11-21)29-27(32)30(25)19-18-22-12-6-2-7-13-22/h1-15,24-25H,16-20H2,(H,28,31)(H,29,32). The molecule has 1 aliphatic rings. The minimum atomic E-state index is -0.529. The lowest BCUT2D eigenvalue weighted by molar-refractivity contribution is -0.125. The molecule has 4 rings (SSSR count). The van der Waals surface area contributed by atoms with E-state index in [2.05, 4.69) is 22.8 Å². The summed E-state index contributed by atoms with van der Waals surface area (Å²) in [6, 6.07) is 29.1. The number of nitrogens with one attached hydrogen (secondary N) is 2. The Labute approximate surface area is 189 Å². The van der Waals surface area contributed by atoms with Gasteiger partial charge in [-0.15, -0.1) is 0 Å². The SMILES string of the molecule is O=C(NCc1ccccc1)C1C(CCc2ccccc2)NC(=O)N1CCc1ccccc1. The number of carbonyl (C=O) groups is 2. The normalized spacial score (nSPS) is 17.8. The van der Waals surface area contributed by atoms with E-state index in [1.54, 1.807) is 4.90 Å². The zero-order valence-corrected chi connectivity index (χ0v) is 18.1. The van der Waals surface area contributed by atoms with E-state index in [4.69, 9.17) is 0 Å². The number of rotatable bonds is 9. The fourth-order valence-electron chi connectivity index (χ4n) is 4.21. The maximum Gasteiger partial charge on any atom is 0.318 e. The average Bonchev–Trinajstić information content (AvgIpc) is 3.17. The minimum Gasteiger partial charge on any atom is -0.350 e. The zero-order chi connectivity index (χ0) is 22.2. The molecule has 0 spiro atoms. The number of hydrogen-bond acceptors (Lipinski definition) is 2. The van der Waals surface area contributed by atoms with E-state index in [1.165, 1.54) is 5.56 Å². The molecular weight excluding hydrogens is 398 g/mol. The van der Waals surface area contributed by atoms with Gasteiger partial charge in [0.15, 0.2) is 0 Å². The first-order valence-electron chi connectivity index (χ1n) is 11.2. The molecule has 0 aromatic heterocycles. The Kier molecular flexibility index (Phi) is 7.18. The van der Waals surface area contributed by atoms with Gasteiger partial charge in [0.2, 0.25) is 5.91 Å². The van der Waals surface area contributed by atoms with E-state index in [0.717, 1.165) is 17.5 Å². The Morgan fingerprint density at radius 3 is 1.91 bits per heavy atom. The number of aryl methyl sites for hydroxylation is 1. The van der Waals surface area contributed by atoms with Gasteiger partial charge in [-0.3, -0.25) is 4.79 Å². The van der Waals surface area contributed by atoms with Crippen LogP contribution in [-0.2, 0) is 24.2 Å². The fraction of sp³-hybridized carbons (Fsp3) is 0.259. The molecule has 3 aromatic rings. The third kappa shape index (κ3) is 5.55. The number of hydrogen-bond donors (Lipinski definition) is 2. The van der Waals surface area contributed by atoms with Crippen molar-refractivity contribution in [3.63, 3.8) is 0 Å². The van der Waals surface area contributed by atoms with Crippen LogP contribution in [-0.4, -0.2) is 35.5 Å². The fourth-order valence-corrected chi connectivity index (χ4v) is 4.21. The van der Waals surface area contributed by atoms with Gasteiger partial charge in [0.05, 0.1) is 6.04 Å². The second-order valence-electron chi connectivity index (χ2n) is 8.16. The monoisotopic (exact) mass is 427 g/mol. The number of carbonyl (C=O) groups excluding carboxylic acids is 2. The highest BCUT2D eigenvalue weighted by molar-refractivity contribution is 5.91. The third-order valence-corrected chi connectivity index (χ3v) is 5.94. The third-order valence-electron chi connectivity index (χ3n) is 5.94. The molecule has 0 radical (unpaired) electrons. The van der Waals surface area contributed by atoms with E-state index in [9.17, 15) is 9.59 Å². The summed E-state index contributed by atoms with van der Waals surface area (Å²) < 4.78 is 0. The Morgan fingerprint density at radius 2 is 1.31 bits per heavy atom. The molecule has 3 aromatic carbocycles. The van der Waals surface area contributed by atoms with Gasteiger partial charge in [-0.25, -0.2) is 4.79 Å². The summed E-state index contributed by atoms with van der Waals surface area (Å²) in [6.07, 6.45) is 2.23. The van der Waals surface area contributed by atoms with Crippen molar-refractivity contribution in [1.82, 2.24) is 15.5 Å². The van der Waals surface area contributed by atoms with Crippen molar-refractivity contribution in [3.05, 3.63) is 108 Å². The Morgan fingerprint density at radius 1 is 0.781 bits per heavy atom. The molecule has 2 unspecified atom stereocenters. The van der Waals surface area contributed by atoms with Crippen LogP contribution in [0.4, 0.5) is 4.79 Å². The molecule has 1 saturated heterocycles. The van der Waals surface area contributed by atoms with Gasteiger partial charge in [0, 0.05) is 13.1 Å². The summed E-state index contributed by atoms with van der Waals surface area (Å²) in [7, 11) is 0. The lowest BCUT2D eigenvalue weighted by Gasteiger charge is -2.26. The summed E-state index contributed by atoms with van der Waals surface area (Å²) in [6.45, 7) is 0.948. The Hall–Kier alpha value is -3.60. The van der Waals surface area contributed by atoms with Crippen LogP contribution >= 0.6 is 0 Å².